The van der Waals surface area contributed by atoms with E-state index in [2.05, 4.69) is 9.71 Å². The number of benzene rings is 1. The van der Waals surface area contributed by atoms with E-state index in [9.17, 15) is 8.42 Å². The van der Waals surface area contributed by atoms with Crippen molar-refractivity contribution in [3.63, 3.8) is 0 Å². The molecule has 2 aromatic rings. The minimum Gasteiger partial charge on any atom is -0.245 e. The monoisotopic (exact) mass is 310 g/mol. The van der Waals surface area contributed by atoms with E-state index >= 15 is 0 Å². The molecule has 1 heterocycles. The topological polar surface area (TPSA) is 59.1 Å². The highest BCUT2D eigenvalue weighted by atomic mass is 32.2. The van der Waals surface area contributed by atoms with Gasteiger partial charge < -0.3 is 0 Å². The minimum atomic E-state index is -3.23. The summed E-state index contributed by atoms with van der Waals surface area (Å²) < 4.78 is 26.3. The van der Waals surface area contributed by atoms with Crippen LogP contribution in [0.15, 0.2) is 35.7 Å². The molecule has 4 nitrogen and oxygen atoms in total. The lowest BCUT2D eigenvalue weighted by molar-refractivity contribution is 0.577. The van der Waals surface area contributed by atoms with Crippen LogP contribution in [-0.4, -0.2) is 19.2 Å². The molecule has 0 aliphatic rings. The van der Waals surface area contributed by atoms with Crippen LogP contribution in [0.3, 0.4) is 0 Å². The van der Waals surface area contributed by atoms with E-state index in [1.165, 1.54) is 11.3 Å². The van der Waals surface area contributed by atoms with Gasteiger partial charge in [0.05, 0.1) is 23.0 Å². The normalized spacial score (nSPS) is 11.7. The lowest BCUT2D eigenvalue weighted by atomic mass is 10.1. The Balaban J connectivity index is 1.76. The van der Waals surface area contributed by atoms with Crippen molar-refractivity contribution in [2.45, 2.75) is 26.3 Å². The number of thiazole rings is 1. The van der Waals surface area contributed by atoms with Crippen molar-refractivity contribution in [3.05, 3.63) is 52.0 Å². The third-order valence-electron chi connectivity index (χ3n) is 2.86. The first kappa shape index (κ1) is 15.2. The lowest BCUT2D eigenvalue weighted by Crippen LogP contribution is -2.26. The molecule has 0 saturated carbocycles. The maximum Gasteiger partial charge on any atom is 0.211 e. The molecular weight excluding hydrogens is 292 g/mol. The maximum absolute atomic E-state index is 11.9. The number of sulfonamides is 1. The van der Waals surface area contributed by atoms with Crippen LogP contribution in [0, 0.1) is 6.92 Å². The predicted molar refractivity (Wildman–Crippen MR) is 82.2 cm³/mol. The van der Waals surface area contributed by atoms with Crippen molar-refractivity contribution in [2.24, 2.45) is 0 Å². The van der Waals surface area contributed by atoms with Crippen LogP contribution < -0.4 is 4.72 Å². The molecule has 0 atom stereocenters. The van der Waals surface area contributed by atoms with Gasteiger partial charge in [-0.1, -0.05) is 30.3 Å². The molecule has 6 heteroatoms. The summed E-state index contributed by atoms with van der Waals surface area (Å²) in [6, 6.07) is 9.91. The molecule has 1 N–H and O–H groups in total. The van der Waals surface area contributed by atoms with Crippen molar-refractivity contribution in [3.8, 4) is 0 Å². The van der Waals surface area contributed by atoms with Gasteiger partial charge in [-0.25, -0.2) is 18.1 Å². The summed E-state index contributed by atoms with van der Waals surface area (Å²) in [5, 5.41) is 2.82. The van der Waals surface area contributed by atoms with Crippen LogP contribution in [0.4, 0.5) is 0 Å². The lowest BCUT2D eigenvalue weighted by Gasteiger charge is -2.05. The van der Waals surface area contributed by atoms with Gasteiger partial charge in [-0.05, 0) is 25.3 Å². The molecule has 108 valence electrons. The first-order chi connectivity index (χ1) is 9.55. The van der Waals surface area contributed by atoms with E-state index in [-0.39, 0.29) is 12.3 Å². The molecule has 0 radical (unpaired) electrons. The van der Waals surface area contributed by atoms with Crippen molar-refractivity contribution < 1.29 is 8.42 Å². The van der Waals surface area contributed by atoms with Gasteiger partial charge in [-0.2, -0.15) is 0 Å². The Hall–Kier alpha value is -1.24. The summed E-state index contributed by atoms with van der Waals surface area (Å²) in [7, 11) is -3.23. The number of aromatic nitrogens is 1. The molecule has 0 fully saturated rings. The van der Waals surface area contributed by atoms with E-state index in [0.717, 1.165) is 22.7 Å². The van der Waals surface area contributed by atoms with Crippen LogP contribution in [0.1, 0.15) is 22.7 Å². The highest BCUT2D eigenvalue weighted by Crippen LogP contribution is 2.08. The fourth-order valence-electron chi connectivity index (χ4n) is 1.86. The quantitative estimate of drug-likeness (QED) is 0.855. The van der Waals surface area contributed by atoms with Gasteiger partial charge in [0.2, 0.25) is 10.0 Å². The minimum absolute atomic E-state index is 0.144. The molecule has 1 aromatic heterocycles. The molecule has 0 saturated heterocycles. The smallest absolute Gasteiger partial charge is 0.211 e. The van der Waals surface area contributed by atoms with Crippen LogP contribution in [0.25, 0.3) is 0 Å². The van der Waals surface area contributed by atoms with E-state index in [1.807, 2.05) is 42.6 Å². The van der Waals surface area contributed by atoms with E-state index < -0.39 is 10.0 Å². The third kappa shape index (κ3) is 5.03. The van der Waals surface area contributed by atoms with E-state index in [1.54, 1.807) is 0 Å². The molecular formula is C14H18N2O2S2. The first-order valence-corrected chi connectivity index (χ1v) is 9.01. The molecule has 1 aromatic carbocycles. The Bertz CT molecular complexity index is 636. The number of hydrogen-bond acceptors (Lipinski definition) is 4. The Morgan fingerprint density at radius 2 is 2.00 bits per heavy atom. The summed E-state index contributed by atoms with van der Waals surface area (Å²) in [5.41, 5.74) is 1.94. The maximum atomic E-state index is 11.9. The molecule has 0 amide bonds. The predicted octanol–water partition coefficient (Wildman–Crippen LogP) is 2.50. The van der Waals surface area contributed by atoms with Crippen molar-refractivity contribution >= 4 is 21.4 Å². The fourth-order valence-corrected chi connectivity index (χ4v) is 3.51. The summed E-state index contributed by atoms with van der Waals surface area (Å²) >= 11 is 1.52. The molecule has 0 aliphatic heterocycles. The zero-order valence-corrected chi connectivity index (χ0v) is 13.0. The van der Waals surface area contributed by atoms with Crippen LogP contribution in [0.2, 0.25) is 0 Å². The van der Waals surface area contributed by atoms with Crippen LogP contribution in [0.5, 0.6) is 0 Å². The second kappa shape index (κ2) is 6.97. The van der Waals surface area contributed by atoms with Gasteiger partial charge in [-0.15, -0.1) is 11.3 Å². The zero-order valence-electron chi connectivity index (χ0n) is 11.4. The standard InChI is InChI=1S/C14H18N2O2S2/c1-12-16-14(11-19-12)10-15-20(17,18)9-5-8-13-6-3-2-4-7-13/h2-4,6-7,11,15H,5,8-10H2,1H3. The summed E-state index contributed by atoms with van der Waals surface area (Å²) in [6.07, 6.45) is 1.40. The number of aryl methyl sites for hydroxylation is 2. The average Bonchev–Trinajstić information content (AvgIpc) is 2.84. The van der Waals surface area contributed by atoms with Gasteiger partial charge in [-0.3, -0.25) is 0 Å². The summed E-state index contributed by atoms with van der Waals surface area (Å²) in [4.78, 5) is 4.23. The van der Waals surface area contributed by atoms with Gasteiger partial charge in [0, 0.05) is 5.38 Å². The van der Waals surface area contributed by atoms with Crippen LogP contribution >= 0.6 is 11.3 Å². The number of hydrogen-bond donors (Lipinski definition) is 1. The van der Waals surface area contributed by atoms with E-state index in [4.69, 9.17) is 0 Å². The van der Waals surface area contributed by atoms with Crippen molar-refractivity contribution in [1.29, 1.82) is 0 Å². The molecule has 2 rings (SSSR count). The molecule has 20 heavy (non-hydrogen) atoms. The third-order valence-corrected chi connectivity index (χ3v) is 5.09. The van der Waals surface area contributed by atoms with Gasteiger partial charge in [0.1, 0.15) is 0 Å². The zero-order chi connectivity index (χ0) is 14.4. The highest BCUT2D eigenvalue weighted by Gasteiger charge is 2.10. The first-order valence-electron chi connectivity index (χ1n) is 6.47. The molecule has 0 aliphatic carbocycles. The second-order valence-electron chi connectivity index (χ2n) is 4.59. The van der Waals surface area contributed by atoms with Gasteiger partial charge in [0.15, 0.2) is 0 Å². The number of nitrogens with zero attached hydrogens (tertiary/aromatic N) is 1. The van der Waals surface area contributed by atoms with Crippen molar-refractivity contribution in [2.75, 3.05) is 5.75 Å². The largest absolute Gasteiger partial charge is 0.245 e. The molecule has 0 bridgehead atoms. The Morgan fingerprint density at radius 3 is 2.65 bits per heavy atom. The van der Waals surface area contributed by atoms with Crippen LogP contribution in [-0.2, 0) is 23.0 Å². The Kier molecular flexibility index (Phi) is 5.28. The molecule has 0 unspecified atom stereocenters. The van der Waals surface area contributed by atoms with Crippen molar-refractivity contribution in [1.82, 2.24) is 9.71 Å². The SMILES string of the molecule is Cc1nc(CNS(=O)(=O)CCCc2ccccc2)cs1. The van der Waals surface area contributed by atoms with Gasteiger partial charge in [0.25, 0.3) is 0 Å². The molecule has 0 spiro atoms. The summed E-state index contributed by atoms with van der Waals surface area (Å²) in [6.45, 7) is 2.18. The fraction of sp³-hybridized carbons (Fsp3) is 0.357. The Morgan fingerprint density at radius 1 is 1.25 bits per heavy atom. The highest BCUT2D eigenvalue weighted by molar-refractivity contribution is 7.89. The number of nitrogens with one attached hydrogen (secondary N) is 1. The Labute approximate surface area is 123 Å². The second-order valence-corrected chi connectivity index (χ2v) is 7.58. The average molecular weight is 310 g/mol. The van der Waals surface area contributed by atoms with E-state index in [0.29, 0.717) is 6.42 Å². The number of rotatable bonds is 7. The summed E-state index contributed by atoms with van der Waals surface area (Å²) in [5.74, 6) is 0.144. The van der Waals surface area contributed by atoms with Gasteiger partial charge >= 0.3 is 0 Å².